The quantitative estimate of drug-likeness (QED) is 0.673. The molecule has 3 nitrogen and oxygen atoms in total. The van der Waals surface area contributed by atoms with Crippen molar-refractivity contribution >= 4 is 5.97 Å². The van der Waals surface area contributed by atoms with E-state index in [-0.39, 0.29) is 0 Å². The summed E-state index contributed by atoms with van der Waals surface area (Å²) in [4.78, 5) is 11.0. The van der Waals surface area contributed by atoms with Gasteiger partial charge in [0.2, 0.25) is 0 Å². The lowest BCUT2D eigenvalue weighted by molar-refractivity contribution is -0.146. The number of carbonyl (C=O) groups is 1. The normalized spacial score (nSPS) is 42.9. The van der Waals surface area contributed by atoms with E-state index in [1.165, 1.54) is 25.7 Å². The molecule has 0 bridgehead atoms. The van der Waals surface area contributed by atoms with Crippen LogP contribution in [0.4, 0.5) is 0 Å². The standard InChI is InChI=1S/C11H19NO2/c12-11(10(13)14)6-5-8-3-1-2-4-9(8)7-11/h8-9H,1-7,12H2,(H,13,14)/t8-,9+,11-/m0/s1. The van der Waals surface area contributed by atoms with Crippen molar-refractivity contribution in [1.29, 1.82) is 0 Å². The van der Waals surface area contributed by atoms with E-state index in [0.29, 0.717) is 18.8 Å². The number of fused-ring (bicyclic) bond motifs is 1. The summed E-state index contributed by atoms with van der Waals surface area (Å²) in [5.41, 5.74) is 4.99. The third-order valence-electron chi connectivity index (χ3n) is 4.08. The van der Waals surface area contributed by atoms with Gasteiger partial charge in [0.25, 0.3) is 0 Å². The second-order valence-electron chi connectivity index (χ2n) is 5.01. The predicted molar refractivity (Wildman–Crippen MR) is 53.9 cm³/mol. The van der Waals surface area contributed by atoms with E-state index < -0.39 is 11.5 Å². The van der Waals surface area contributed by atoms with Crippen LogP contribution in [0.25, 0.3) is 0 Å². The Morgan fingerprint density at radius 1 is 1.21 bits per heavy atom. The maximum atomic E-state index is 11.0. The summed E-state index contributed by atoms with van der Waals surface area (Å²) in [6.45, 7) is 0. The molecule has 0 spiro atoms. The van der Waals surface area contributed by atoms with Crippen LogP contribution in [-0.2, 0) is 4.79 Å². The minimum Gasteiger partial charge on any atom is -0.480 e. The molecule has 0 aliphatic heterocycles. The van der Waals surface area contributed by atoms with Gasteiger partial charge in [0.1, 0.15) is 5.54 Å². The van der Waals surface area contributed by atoms with Crippen LogP contribution in [0.3, 0.4) is 0 Å². The Labute approximate surface area is 84.7 Å². The van der Waals surface area contributed by atoms with Gasteiger partial charge in [-0.2, -0.15) is 0 Å². The van der Waals surface area contributed by atoms with Crippen LogP contribution in [0.15, 0.2) is 0 Å². The Kier molecular flexibility index (Phi) is 2.52. The fraction of sp³-hybridized carbons (Fsp3) is 0.909. The highest BCUT2D eigenvalue weighted by atomic mass is 16.4. The molecule has 80 valence electrons. The highest BCUT2D eigenvalue weighted by Crippen LogP contribution is 2.43. The van der Waals surface area contributed by atoms with Gasteiger partial charge < -0.3 is 10.8 Å². The molecule has 2 rings (SSSR count). The number of hydrogen-bond acceptors (Lipinski definition) is 2. The third kappa shape index (κ3) is 1.65. The monoisotopic (exact) mass is 197 g/mol. The second kappa shape index (κ2) is 3.54. The number of carboxylic acid groups (broad SMARTS) is 1. The first-order valence-corrected chi connectivity index (χ1v) is 5.64. The van der Waals surface area contributed by atoms with Gasteiger partial charge >= 0.3 is 5.97 Å². The highest BCUT2D eigenvalue weighted by molar-refractivity contribution is 5.78. The largest absolute Gasteiger partial charge is 0.480 e. The lowest BCUT2D eigenvalue weighted by atomic mass is 9.65. The maximum absolute atomic E-state index is 11.0. The number of nitrogens with two attached hydrogens (primary N) is 1. The Bertz CT molecular complexity index is 241. The molecule has 3 heteroatoms. The summed E-state index contributed by atoms with van der Waals surface area (Å²) in [6.07, 6.45) is 7.46. The maximum Gasteiger partial charge on any atom is 0.323 e. The lowest BCUT2D eigenvalue weighted by Crippen LogP contribution is -2.53. The van der Waals surface area contributed by atoms with Crippen LogP contribution in [0.2, 0.25) is 0 Å². The molecule has 0 radical (unpaired) electrons. The summed E-state index contributed by atoms with van der Waals surface area (Å²) < 4.78 is 0. The van der Waals surface area contributed by atoms with Gasteiger partial charge in [0.15, 0.2) is 0 Å². The number of aliphatic carboxylic acids is 1. The van der Waals surface area contributed by atoms with Gasteiger partial charge in [0, 0.05) is 0 Å². The van der Waals surface area contributed by atoms with Gasteiger partial charge in [-0.3, -0.25) is 4.79 Å². The van der Waals surface area contributed by atoms with Crippen molar-refractivity contribution in [3.8, 4) is 0 Å². The van der Waals surface area contributed by atoms with Crippen LogP contribution in [0.5, 0.6) is 0 Å². The lowest BCUT2D eigenvalue weighted by Gasteiger charge is -2.42. The molecule has 0 saturated heterocycles. The fourth-order valence-corrected chi connectivity index (χ4v) is 3.14. The van der Waals surface area contributed by atoms with Crippen molar-refractivity contribution in [1.82, 2.24) is 0 Å². The molecule has 2 saturated carbocycles. The molecular formula is C11H19NO2. The predicted octanol–water partition coefficient (Wildman–Crippen LogP) is 1.76. The Morgan fingerprint density at radius 3 is 2.50 bits per heavy atom. The van der Waals surface area contributed by atoms with Gasteiger partial charge in [-0.15, -0.1) is 0 Å². The number of carboxylic acids is 1. The van der Waals surface area contributed by atoms with Crippen molar-refractivity contribution in [3.63, 3.8) is 0 Å². The molecule has 0 aromatic carbocycles. The molecule has 0 amide bonds. The van der Waals surface area contributed by atoms with E-state index in [2.05, 4.69) is 0 Å². The first-order chi connectivity index (χ1) is 6.62. The minimum absolute atomic E-state index is 0.582. The highest BCUT2D eigenvalue weighted by Gasteiger charge is 2.43. The molecule has 14 heavy (non-hydrogen) atoms. The Morgan fingerprint density at radius 2 is 1.86 bits per heavy atom. The van der Waals surface area contributed by atoms with Gasteiger partial charge in [-0.25, -0.2) is 0 Å². The van der Waals surface area contributed by atoms with E-state index in [1.807, 2.05) is 0 Å². The summed E-state index contributed by atoms with van der Waals surface area (Å²) >= 11 is 0. The average Bonchev–Trinajstić information content (AvgIpc) is 2.17. The molecule has 0 unspecified atom stereocenters. The molecule has 2 aliphatic carbocycles. The van der Waals surface area contributed by atoms with E-state index in [4.69, 9.17) is 10.8 Å². The zero-order chi connectivity index (χ0) is 10.2. The smallest absolute Gasteiger partial charge is 0.323 e. The summed E-state index contributed by atoms with van der Waals surface area (Å²) in [5, 5.41) is 9.06. The second-order valence-corrected chi connectivity index (χ2v) is 5.01. The SMILES string of the molecule is N[C@@]1(C(=O)O)CC[C@@H]2CCCC[C@@H]2C1. The van der Waals surface area contributed by atoms with Crippen LogP contribution in [-0.4, -0.2) is 16.6 Å². The van der Waals surface area contributed by atoms with Gasteiger partial charge in [0.05, 0.1) is 0 Å². The fourth-order valence-electron chi connectivity index (χ4n) is 3.14. The number of rotatable bonds is 1. The Balaban J connectivity index is 2.05. The minimum atomic E-state index is -0.918. The topological polar surface area (TPSA) is 63.3 Å². The van der Waals surface area contributed by atoms with Crippen molar-refractivity contribution in [2.75, 3.05) is 0 Å². The first kappa shape index (κ1) is 9.97. The molecule has 2 fully saturated rings. The summed E-state index contributed by atoms with van der Waals surface area (Å²) in [7, 11) is 0. The average molecular weight is 197 g/mol. The molecular weight excluding hydrogens is 178 g/mol. The molecule has 3 N–H and O–H groups in total. The van der Waals surface area contributed by atoms with E-state index >= 15 is 0 Å². The van der Waals surface area contributed by atoms with Crippen molar-refractivity contribution in [2.24, 2.45) is 17.6 Å². The number of hydrogen-bond donors (Lipinski definition) is 2. The van der Waals surface area contributed by atoms with E-state index in [0.717, 1.165) is 12.3 Å². The first-order valence-electron chi connectivity index (χ1n) is 5.64. The summed E-state index contributed by atoms with van der Waals surface area (Å²) in [5.74, 6) is 0.542. The van der Waals surface area contributed by atoms with Crippen molar-refractivity contribution in [3.05, 3.63) is 0 Å². The van der Waals surface area contributed by atoms with Gasteiger partial charge in [-0.05, 0) is 31.1 Å². The Hall–Kier alpha value is -0.570. The zero-order valence-electron chi connectivity index (χ0n) is 8.54. The zero-order valence-corrected chi connectivity index (χ0v) is 8.54. The van der Waals surface area contributed by atoms with E-state index in [9.17, 15) is 4.79 Å². The molecule has 0 aromatic rings. The van der Waals surface area contributed by atoms with Gasteiger partial charge in [-0.1, -0.05) is 25.7 Å². The molecule has 3 atom stereocenters. The van der Waals surface area contributed by atoms with Crippen LogP contribution < -0.4 is 5.73 Å². The van der Waals surface area contributed by atoms with Crippen LogP contribution >= 0.6 is 0 Å². The molecule has 0 aromatic heterocycles. The van der Waals surface area contributed by atoms with Crippen molar-refractivity contribution < 1.29 is 9.90 Å². The molecule has 0 heterocycles. The van der Waals surface area contributed by atoms with E-state index in [1.54, 1.807) is 0 Å². The van der Waals surface area contributed by atoms with Crippen LogP contribution in [0, 0.1) is 11.8 Å². The third-order valence-corrected chi connectivity index (χ3v) is 4.08. The van der Waals surface area contributed by atoms with Crippen LogP contribution in [0.1, 0.15) is 44.9 Å². The molecule has 2 aliphatic rings. The summed E-state index contributed by atoms with van der Waals surface area (Å²) in [6, 6.07) is 0. The van der Waals surface area contributed by atoms with Crippen molar-refractivity contribution in [2.45, 2.75) is 50.5 Å².